The van der Waals surface area contributed by atoms with Crippen molar-refractivity contribution in [3.63, 3.8) is 0 Å². The minimum Gasteiger partial charge on any atom is -0.312 e. The zero-order valence-electron chi connectivity index (χ0n) is 8.18. The zero-order chi connectivity index (χ0) is 10.0. The first kappa shape index (κ1) is 9.77. The number of aliphatic imine (C=N–C) groups is 1. The summed E-state index contributed by atoms with van der Waals surface area (Å²) < 4.78 is 25.4. The fourth-order valence-electron chi connectivity index (χ4n) is 2.37. The Morgan fingerprint density at radius 1 is 1.21 bits per heavy atom. The van der Waals surface area contributed by atoms with Crippen molar-refractivity contribution >= 4 is 6.21 Å². The summed E-state index contributed by atoms with van der Waals surface area (Å²) in [5, 5.41) is 0. The maximum Gasteiger partial charge on any atom is 0.138 e. The SMILES string of the molecule is FCC[N+]1(CCF)CC2=C(CN=C2)C1. The molecule has 2 rings (SSSR count). The van der Waals surface area contributed by atoms with Gasteiger partial charge >= 0.3 is 0 Å². The second kappa shape index (κ2) is 3.77. The lowest BCUT2D eigenvalue weighted by Crippen LogP contribution is -2.50. The van der Waals surface area contributed by atoms with Crippen molar-refractivity contribution in [2.24, 2.45) is 4.99 Å². The number of halogens is 2. The van der Waals surface area contributed by atoms with Gasteiger partial charge in [-0.05, 0) is 0 Å². The van der Waals surface area contributed by atoms with Gasteiger partial charge in [-0.1, -0.05) is 0 Å². The quantitative estimate of drug-likeness (QED) is 0.605. The van der Waals surface area contributed by atoms with E-state index in [2.05, 4.69) is 4.99 Å². The fraction of sp³-hybridized carbons (Fsp3) is 0.700. The zero-order valence-corrected chi connectivity index (χ0v) is 8.18. The molecule has 2 heterocycles. The molecular weight excluding hydrogens is 186 g/mol. The average Bonchev–Trinajstić information content (AvgIpc) is 2.63. The lowest BCUT2D eigenvalue weighted by molar-refractivity contribution is -0.913. The Labute approximate surface area is 82.5 Å². The van der Waals surface area contributed by atoms with Crippen LogP contribution in [0.4, 0.5) is 8.78 Å². The van der Waals surface area contributed by atoms with Gasteiger partial charge in [-0.2, -0.15) is 0 Å². The van der Waals surface area contributed by atoms with Crippen LogP contribution in [0.25, 0.3) is 0 Å². The highest BCUT2D eigenvalue weighted by atomic mass is 19.1. The lowest BCUT2D eigenvalue weighted by atomic mass is 10.2. The Kier molecular flexibility index (Phi) is 2.63. The van der Waals surface area contributed by atoms with Crippen molar-refractivity contribution < 1.29 is 13.3 Å². The second-order valence-corrected chi connectivity index (χ2v) is 4.08. The second-order valence-electron chi connectivity index (χ2n) is 4.08. The van der Waals surface area contributed by atoms with Crippen LogP contribution < -0.4 is 0 Å². The van der Waals surface area contributed by atoms with Gasteiger partial charge in [0.05, 0.1) is 6.54 Å². The molecule has 0 aromatic heterocycles. The van der Waals surface area contributed by atoms with Gasteiger partial charge in [0.15, 0.2) is 0 Å². The van der Waals surface area contributed by atoms with E-state index in [-0.39, 0.29) is 13.3 Å². The molecule has 0 bridgehead atoms. The van der Waals surface area contributed by atoms with Crippen molar-refractivity contribution in [2.45, 2.75) is 0 Å². The van der Waals surface area contributed by atoms with E-state index in [9.17, 15) is 8.78 Å². The summed E-state index contributed by atoms with van der Waals surface area (Å²) in [4.78, 5) is 4.16. The first-order chi connectivity index (χ1) is 6.79. The highest BCUT2D eigenvalue weighted by Crippen LogP contribution is 2.27. The van der Waals surface area contributed by atoms with Gasteiger partial charge in [0.2, 0.25) is 0 Å². The van der Waals surface area contributed by atoms with E-state index in [1.807, 2.05) is 6.21 Å². The fourth-order valence-corrected chi connectivity index (χ4v) is 2.37. The van der Waals surface area contributed by atoms with E-state index in [0.29, 0.717) is 17.6 Å². The minimum absolute atomic E-state index is 0.363. The summed E-state index contributed by atoms with van der Waals surface area (Å²) in [6.07, 6.45) is 1.87. The van der Waals surface area contributed by atoms with Gasteiger partial charge in [-0.3, -0.25) is 4.99 Å². The van der Waals surface area contributed by atoms with Gasteiger partial charge in [-0.25, -0.2) is 8.78 Å². The molecule has 0 atom stereocenters. The van der Waals surface area contributed by atoms with Crippen molar-refractivity contribution in [3.8, 4) is 0 Å². The standard InChI is InChI=1S/C10H15F2N2/c11-1-3-14(4-2-12)7-9-5-13-6-10(9)8-14/h5H,1-4,6-8H2/q+1. The number of rotatable bonds is 4. The van der Waals surface area contributed by atoms with Crippen LogP contribution in [0, 0.1) is 0 Å². The van der Waals surface area contributed by atoms with Crippen LogP contribution in [0.3, 0.4) is 0 Å². The van der Waals surface area contributed by atoms with Gasteiger partial charge in [-0.15, -0.1) is 0 Å². The molecule has 0 spiro atoms. The molecule has 2 aliphatic heterocycles. The predicted molar refractivity (Wildman–Crippen MR) is 52.1 cm³/mol. The normalized spacial score (nSPS) is 23.3. The topological polar surface area (TPSA) is 12.4 Å². The highest BCUT2D eigenvalue weighted by Gasteiger charge is 2.37. The first-order valence-corrected chi connectivity index (χ1v) is 4.97. The summed E-state index contributed by atoms with van der Waals surface area (Å²) in [6.45, 7) is 2.45. The Balaban J connectivity index is 2.06. The van der Waals surface area contributed by atoms with E-state index in [0.717, 1.165) is 19.6 Å². The van der Waals surface area contributed by atoms with Crippen LogP contribution in [0.5, 0.6) is 0 Å². The molecule has 0 radical (unpaired) electrons. The minimum atomic E-state index is -0.363. The molecule has 0 saturated heterocycles. The van der Waals surface area contributed by atoms with E-state index in [1.165, 1.54) is 11.1 Å². The number of hydrogen-bond donors (Lipinski definition) is 0. The molecule has 0 aliphatic carbocycles. The number of hydrogen-bond acceptors (Lipinski definition) is 1. The molecule has 0 saturated carbocycles. The third-order valence-electron chi connectivity index (χ3n) is 3.13. The summed E-state index contributed by atoms with van der Waals surface area (Å²) in [5.74, 6) is 0. The Morgan fingerprint density at radius 3 is 2.50 bits per heavy atom. The van der Waals surface area contributed by atoms with Crippen molar-refractivity contribution in [2.75, 3.05) is 46.1 Å². The van der Waals surface area contributed by atoms with Crippen LogP contribution in [0.15, 0.2) is 16.1 Å². The summed E-state index contributed by atoms with van der Waals surface area (Å²) in [5.41, 5.74) is 2.50. The van der Waals surface area contributed by atoms with Crippen molar-refractivity contribution in [1.82, 2.24) is 0 Å². The third-order valence-corrected chi connectivity index (χ3v) is 3.13. The molecule has 78 valence electrons. The van der Waals surface area contributed by atoms with Gasteiger partial charge in [0.25, 0.3) is 0 Å². The average molecular weight is 201 g/mol. The van der Waals surface area contributed by atoms with Crippen molar-refractivity contribution in [3.05, 3.63) is 11.1 Å². The van der Waals surface area contributed by atoms with Crippen LogP contribution in [-0.4, -0.2) is 56.8 Å². The van der Waals surface area contributed by atoms with Crippen LogP contribution in [0.2, 0.25) is 0 Å². The maximum absolute atomic E-state index is 12.4. The Hall–Kier alpha value is -0.770. The monoisotopic (exact) mass is 201 g/mol. The molecule has 0 N–H and O–H groups in total. The highest BCUT2D eigenvalue weighted by molar-refractivity contribution is 5.83. The Morgan fingerprint density at radius 2 is 1.93 bits per heavy atom. The molecule has 2 aliphatic rings. The Bertz CT molecular complexity index is 278. The first-order valence-electron chi connectivity index (χ1n) is 4.97. The van der Waals surface area contributed by atoms with E-state index < -0.39 is 0 Å². The van der Waals surface area contributed by atoms with E-state index in [4.69, 9.17) is 0 Å². The van der Waals surface area contributed by atoms with E-state index in [1.54, 1.807) is 0 Å². The molecule has 0 fully saturated rings. The van der Waals surface area contributed by atoms with Gasteiger partial charge in [0.1, 0.15) is 39.5 Å². The summed E-state index contributed by atoms with van der Waals surface area (Å²) in [6, 6.07) is 0. The predicted octanol–water partition coefficient (Wildman–Crippen LogP) is 1.14. The maximum atomic E-state index is 12.4. The van der Waals surface area contributed by atoms with Gasteiger partial charge < -0.3 is 4.48 Å². The molecule has 0 aromatic rings. The number of nitrogens with zero attached hydrogens (tertiary/aromatic N) is 2. The number of quaternary nitrogens is 1. The van der Waals surface area contributed by atoms with Crippen LogP contribution in [-0.2, 0) is 0 Å². The summed E-state index contributed by atoms with van der Waals surface area (Å²) >= 11 is 0. The van der Waals surface area contributed by atoms with Crippen LogP contribution in [0.1, 0.15) is 0 Å². The molecular formula is C10H15F2N2+. The van der Waals surface area contributed by atoms with E-state index >= 15 is 0 Å². The lowest BCUT2D eigenvalue weighted by Gasteiger charge is -2.33. The molecule has 2 nitrogen and oxygen atoms in total. The smallest absolute Gasteiger partial charge is 0.138 e. The largest absolute Gasteiger partial charge is 0.312 e. The van der Waals surface area contributed by atoms with Crippen LogP contribution >= 0.6 is 0 Å². The molecule has 14 heavy (non-hydrogen) atoms. The molecule has 0 aromatic carbocycles. The third kappa shape index (κ3) is 1.59. The molecule has 4 heteroatoms. The summed E-state index contributed by atoms with van der Waals surface area (Å²) in [7, 11) is 0. The van der Waals surface area contributed by atoms with Gasteiger partial charge in [0, 0.05) is 17.4 Å². The van der Waals surface area contributed by atoms with Crippen molar-refractivity contribution in [1.29, 1.82) is 0 Å². The molecule has 0 unspecified atom stereocenters. The number of alkyl halides is 2. The molecule has 0 amide bonds.